The summed E-state index contributed by atoms with van der Waals surface area (Å²) < 4.78 is 0. The maximum absolute atomic E-state index is 11.2. The van der Waals surface area contributed by atoms with E-state index in [1.165, 1.54) is 0 Å². The lowest BCUT2D eigenvalue weighted by Gasteiger charge is -2.09. The zero-order chi connectivity index (χ0) is 18.5. The van der Waals surface area contributed by atoms with Crippen molar-refractivity contribution < 1.29 is 10.0 Å². The van der Waals surface area contributed by atoms with E-state index in [1.54, 1.807) is 48.5 Å². The molecule has 0 unspecified atom stereocenters. The second-order valence-corrected chi connectivity index (χ2v) is 5.77. The van der Waals surface area contributed by atoms with Crippen LogP contribution in [0, 0.1) is 10.1 Å². The summed E-state index contributed by atoms with van der Waals surface area (Å²) in [6.45, 7) is 0.304. The third kappa shape index (κ3) is 4.37. The first-order valence-corrected chi connectivity index (χ1v) is 7.95. The molecule has 8 nitrogen and oxygen atoms in total. The standard InChI is InChI=1S/C17H14ClN5O3/c18-12-3-5-13(6-4-12)21-17-20-10-15(23(25)26)16(22-17)19-9-11-1-7-14(24)8-2-11/h1-8,10,24H,9H2,(H2,19,20,21,22). The van der Waals surface area contributed by atoms with E-state index in [2.05, 4.69) is 20.6 Å². The van der Waals surface area contributed by atoms with Crippen LogP contribution >= 0.6 is 11.6 Å². The number of phenols is 1. The molecule has 132 valence electrons. The molecule has 3 N–H and O–H groups in total. The molecule has 0 aliphatic heterocycles. The molecule has 26 heavy (non-hydrogen) atoms. The van der Waals surface area contributed by atoms with Crippen LogP contribution in [0.2, 0.25) is 5.02 Å². The summed E-state index contributed by atoms with van der Waals surface area (Å²) in [6.07, 6.45) is 1.14. The van der Waals surface area contributed by atoms with Crippen LogP contribution in [0.25, 0.3) is 0 Å². The van der Waals surface area contributed by atoms with Crippen LogP contribution in [0.3, 0.4) is 0 Å². The Morgan fingerprint density at radius 3 is 2.46 bits per heavy atom. The Labute approximate surface area is 153 Å². The van der Waals surface area contributed by atoms with E-state index in [-0.39, 0.29) is 23.2 Å². The number of aromatic hydroxyl groups is 1. The van der Waals surface area contributed by atoms with Crippen molar-refractivity contribution in [3.63, 3.8) is 0 Å². The first-order valence-electron chi connectivity index (χ1n) is 7.57. The zero-order valence-electron chi connectivity index (χ0n) is 13.4. The van der Waals surface area contributed by atoms with Crippen molar-refractivity contribution in [2.75, 3.05) is 10.6 Å². The number of anilines is 3. The van der Waals surface area contributed by atoms with Gasteiger partial charge >= 0.3 is 5.69 Å². The van der Waals surface area contributed by atoms with E-state index in [4.69, 9.17) is 11.6 Å². The number of aromatic nitrogens is 2. The van der Waals surface area contributed by atoms with Gasteiger partial charge in [-0.1, -0.05) is 23.7 Å². The molecule has 3 aromatic rings. The molecule has 0 aliphatic rings. The third-order valence-electron chi connectivity index (χ3n) is 3.46. The molecule has 1 heterocycles. The molecule has 9 heteroatoms. The number of rotatable bonds is 6. The lowest BCUT2D eigenvalue weighted by molar-refractivity contribution is -0.384. The maximum atomic E-state index is 11.2. The van der Waals surface area contributed by atoms with Crippen LogP contribution in [0.15, 0.2) is 54.7 Å². The predicted molar refractivity (Wildman–Crippen MR) is 98.9 cm³/mol. The smallest absolute Gasteiger partial charge is 0.329 e. The molecular formula is C17H14ClN5O3. The number of hydrogen-bond acceptors (Lipinski definition) is 7. The van der Waals surface area contributed by atoms with Crippen LogP contribution in [-0.4, -0.2) is 20.0 Å². The SMILES string of the molecule is O=[N+]([O-])c1cnc(Nc2ccc(Cl)cc2)nc1NCc1ccc(O)cc1. The van der Waals surface area contributed by atoms with Gasteiger partial charge in [-0.15, -0.1) is 0 Å². The maximum Gasteiger partial charge on any atom is 0.329 e. The van der Waals surface area contributed by atoms with Gasteiger partial charge in [-0.05, 0) is 42.0 Å². The summed E-state index contributed by atoms with van der Waals surface area (Å²) in [6, 6.07) is 13.4. The van der Waals surface area contributed by atoms with Gasteiger partial charge in [0.15, 0.2) is 0 Å². The van der Waals surface area contributed by atoms with E-state index in [0.29, 0.717) is 17.3 Å². The number of benzene rings is 2. The van der Waals surface area contributed by atoms with Gasteiger partial charge in [-0.25, -0.2) is 4.98 Å². The highest BCUT2D eigenvalue weighted by molar-refractivity contribution is 6.30. The topological polar surface area (TPSA) is 113 Å². The lowest BCUT2D eigenvalue weighted by Crippen LogP contribution is -2.07. The summed E-state index contributed by atoms with van der Waals surface area (Å²) in [4.78, 5) is 18.8. The number of nitro groups is 1. The number of halogens is 1. The minimum absolute atomic E-state index is 0.0922. The molecule has 1 aromatic heterocycles. The van der Waals surface area contributed by atoms with Gasteiger partial charge in [0.1, 0.15) is 11.9 Å². The number of nitrogens with one attached hydrogen (secondary N) is 2. The summed E-state index contributed by atoms with van der Waals surface area (Å²) in [5.74, 6) is 0.455. The number of phenolic OH excluding ortho intramolecular Hbond substituents is 1. The minimum atomic E-state index is -0.550. The Hall–Kier alpha value is -3.39. The Balaban J connectivity index is 1.80. The molecule has 3 rings (SSSR count). The largest absolute Gasteiger partial charge is 0.508 e. The summed E-state index contributed by atoms with van der Waals surface area (Å²) >= 11 is 5.85. The molecule has 2 aromatic carbocycles. The molecular weight excluding hydrogens is 358 g/mol. The zero-order valence-corrected chi connectivity index (χ0v) is 14.1. The molecule has 0 saturated heterocycles. The third-order valence-corrected chi connectivity index (χ3v) is 3.71. The first kappa shape index (κ1) is 17.4. The highest BCUT2D eigenvalue weighted by atomic mass is 35.5. The van der Waals surface area contributed by atoms with Crippen molar-refractivity contribution >= 4 is 34.7 Å². The Morgan fingerprint density at radius 2 is 1.81 bits per heavy atom. The van der Waals surface area contributed by atoms with Gasteiger partial charge in [0.2, 0.25) is 11.8 Å². The quantitative estimate of drug-likeness (QED) is 0.441. The number of nitrogens with zero attached hydrogens (tertiary/aromatic N) is 3. The van der Waals surface area contributed by atoms with Gasteiger partial charge in [-0.3, -0.25) is 10.1 Å². The Kier molecular flexibility index (Phi) is 5.14. The molecule has 0 aliphatic carbocycles. The van der Waals surface area contributed by atoms with E-state index in [0.717, 1.165) is 11.8 Å². The van der Waals surface area contributed by atoms with E-state index < -0.39 is 4.92 Å². The van der Waals surface area contributed by atoms with Crippen LogP contribution < -0.4 is 10.6 Å². The van der Waals surface area contributed by atoms with Crippen molar-refractivity contribution in [2.24, 2.45) is 0 Å². The molecule has 0 saturated carbocycles. The van der Waals surface area contributed by atoms with E-state index >= 15 is 0 Å². The average Bonchev–Trinajstić information content (AvgIpc) is 2.63. The second kappa shape index (κ2) is 7.66. The summed E-state index contributed by atoms with van der Waals surface area (Å²) in [5, 5.41) is 27.0. The van der Waals surface area contributed by atoms with Crippen LogP contribution in [0.1, 0.15) is 5.56 Å². The fraction of sp³-hybridized carbons (Fsp3) is 0.0588. The van der Waals surface area contributed by atoms with Crippen LogP contribution in [0.4, 0.5) is 23.1 Å². The van der Waals surface area contributed by atoms with E-state index in [1.807, 2.05) is 0 Å². The Bertz CT molecular complexity index is 917. The van der Waals surface area contributed by atoms with Gasteiger partial charge < -0.3 is 15.7 Å². The fourth-order valence-electron chi connectivity index (χ4n) is 2.16. The molecule has 0 spiro atoms. The van der Waals surface area contributed by atoms with Crippen molar-refractivity contribution in [1.82, 2.24) is 9.97 Å². The van der Waals surface area contributed by atoms with Crippen LogP contribution in [0.5, 0.6) is 5.75 Å². The van der Waals surface area contributed by atoms with E-state index in [9.17, 15) is 15.2 Å². The van der Waals surface area contributed by atoms with Crippen molar-refractivity contribution in [3.8, 4) is 5.75 Å². The molecule has 0 radical (unpaired) electrons. The monoisotopic (exact) mass is 371 g/mol. The van der Waals surface area contributed by atoms with Gasteiger partial charge in [-0.2, -0.15) is 4.98 Å². The predicted octanol–water partition coefficient (Wildman–Crippen LogP) is 4.10. The second-order valence-electron chi connectivity index (χ2n) is 5.34. The lowest BCUT2D eigenvalue weighted by atomic mass is 10.2. The Morgan fingerprint density at radius 1 is 1.12 bits per heavy atom. The molecule has 0 atom stereocenters. The first-order chi connectivity index (χ1) is 12.5. The molecule has 0 fully saturated rings. The summed E-state index contributed by atoms with van der Waals surface area (Å²) in [5.41, 5.74) is 1.31. The fourth-order valence-corrected chi connectivity index (χ4v) is 2.29. The number of hydrogen-bond donors (Lipinski definition) is 3. The van der Waals surface area contributed by atoms with Crippen molar-refractivity contribution in [1.29, 1.82) is 0 Å². The molecule has 0 bridgehead atoms. The molecule has 0 amide bonds. The normalized spacial score (nSPS) is 10.3. The minimum Gasteiger partial charge on any atom is -0.508 e. The van der Waals surface area contributed by atoms with Crippen molar-refractivity contribution in [2.45, 2.75) is 6.54 Å². The van der Waals surface area contributed by atoms with Gasteiger partial charge in [0.05, 0.1) is 4.92 Å². The highest BCUT2D eigenvalue weighted by Gasteiger charge is 2.17. The van der Waals surface area contributed by atoms with Crippen LogP contribution in [-0.2, 0) is 6.54 Å². The highest BCUT2D eigenvalue weighted by Crippen LogP contribution is 2.24. The summed E-state index contributed by atoms with van der Waals surface area (Å²) in [7, 11) is 0. The van der Waals surface area contributed by atoms with Crippen molar-refractivity contribution in [3.05, 3.63) is 75.4 Å². The average molecular weight is 372 g/mol. The van der Waals surface area contributed by atoms with Gasteiger partial charge in [0.25, 0.3) is 0 Å². The van der Waals surface area contributed by atoms with Gasteiger partial charge in [0, 0.05) is 17.3 Å².